The van der Waals surface area contributed by atoms with E-state index >= 15 is 0 Å². The molecule has 2 aliphatic heterocycles. The van der Waals surface area contributed by atoms with E-state index in [2.05, 4.69) is 103 Å². The molecule has 0 radical (unpaired) electrons. The van der Waals surface area contributed by atoms with Crippen molar-refractivity contribution in [2.45, 2.75) is 32.5 Å². The van der Waals surface area contributed by atoms with E-state index in [4.69, 9.17) is 4.74 Å². The number of hydrogen-bond acceptors (Lipinski definition) is 1. The molecular weight excluding hydrogens is 386 g/mol. The highest BCUT2D eigenvalue weighted by Gasteiger charge is 2.55. The topological polar surface area (TPSA) is 14.2 Å². The van der Waals surface area contributed by atoms with Gasteiger partial charge in [0.2, 0.25) is 0 Å². The van der Waals surface area contributed by atoms with Crippen molar-refractivity contribution < 1.29 is 4.74 Å². The maximum atomic E-state index is 6.58. The van der Waals surface area contributed by atoms with Gasteiger partial charge in [0.25, 0.3) is 0 Å². The van der Waals surface area contributed by atoms with Gasteiger partial charge in [0.1, 0.15) is 11.7 Å². The van der Waals surface area contributed by atoms with Crippen LogP contribution in [-0.4, -0.2) is 4.57 Å². The van der Waals surface area contributed by atoms with Crippen molar-refractivity contribution in [3.8, 4) is 11.1 Å². The summed E-state index contributed by atoms with van der Waals surface area (Å²) in [7, 11) is 2.15. The highest BCUT2D eigenvalue weighted by Crippen LogP contribution is 2.61. The Bertz CT molecular complexity index is 1070. The monoisotopic (exact) mass is 407 g/mol. The highest BCUT2D eigenvalue weighted by atomic mass is 79.9. The molecular formula is C23H22BrNO. The first-order chi connectivity index (χ1) is 12.3. The maximum absolute atomic E-state index is 6.58. The van der Waals surface area contributed by atoms with Crippen molar-refractivity contribution >= 4 is 26.8 Å². The molecule has 132 valence electrons. The van der Waals surface area contributed by atoms with Gasteiger partial charge in [0, 0.05) is 34.2 Å². The number of nitrogens with zero attached hydrogens (tertiary/aromatic N) is 1. The summed E-state index contributed by atoms with van der Waals surface area (Å²) in [5.41, 5.74) is 6.00. The van der Waals surface area contributed by atoms with Crippen molar-refractivity contribution in [3.05, 3.63) is 70.3 Å². The Morgan fingerprint density at radius 2 is 1.88 bits per heavy atom. The molecule has 2 aliphatic rings. The predicted octanol–water partition coefficient (Wildman–Crippen LogP) is 6.49. The Morgan fingerprint density at radius 1 is 1.15 bits per heavy atom. The first-order valence-electron chi connectivity index (χ1n) is 9.08. The van der Waals surface area contributed by atoms with Gasteiger partial charge in [0.05, 0.1) is 5.52 Å². The fraction of sp³-hybridized carbons (Fsp3) is 0.304. The molecule has 5 rings (SSSR count). The second-order valence-electron chi connectivity index (χ2n) is 8.45. The molecule has 0 saturated carbocycles. The molecule has 2 aromatic carbocycles. The molecule has 2 unspecified atom stereocenters. The number of fused-ring (bicyclic) bond motifs is 7. The lowest BCUT2D eigenvalue weighted by molar-refractivity contribution is -0.0747. The summed E-state index contributed by atoms with van der Waals surface area (Å²) in [6.45, 7) is 6.80. The van der Waals surface area contributed by atoms with Gasteiger partial charge in [-0.3, -0.25) is 0 Å². The zero-order valence-corrected chi connectivity index (χ0v) is 17.1. The van der Waals surface area contributed by atoms with Crippen molar-refractivity contribution in [1.29, 1.82) is 0 Å². The quantitative estimate of drug-likeness (QED) is 0.420. The fourth-order valence-electron chi connectivity index (χ4n) is 4.65. The van der Waals surface area contributed by atoms with Crippen LogP contribution in [0.25, 0.3) is 22.0 Å². The van der Waals surface area contributed by atoms with E-state index in [1.54, 1.807) is 0 Å². The van der Waals surface area contributed by atoms with Crippen molar-refractivity contribution in [2.75, 3.05) is 0 Å². The molecule has 0 fully saturated rings. The minimum atomic E-state index is -0.369. The largest absolute Gasteiger partial charge is 0.353 e. The van der Waals surface area contributed by atoms with Crippen LogP contribution in [0.1, 0.15) is 38.0 Å². The second-order valence-corrected chi connectivity index (χ2v) is 9.30. The lowest BCUT2D eigenvalue weighted by atomic mass is 9.70. The third-order valence-corrected chi connectivity index (χ3v) is 6.55. The van der Waals surface area contributed by atoms with Gasteiger partial charge < -0.3 is 9.30 Å². The van der Waals surface area contributed by atoms with Gasteiger partial charge in [-0.05, 0) is 28.7 Å². The van der Waals surface area contributed by atoms with E-state index in [9.17, 15) is 0 Å². The van der Waals surface area contributed by atoms with Gasteiger partial charge >= 0.3 is 0 Å². The smallest absolute Gasteiger partial charge is 0.120 e. The Kier molecular flexibility index (Phi) is 3.21. The zero-order valence-electron chi connectivity index (χ0n) is 15.5. The molecule has 0 aliphatic carbocycles. The molecule has 3 heterocycles. The van der Waals surface area contributed by atoms with Crippen LogP contribution >= 0.6 is 15.9 Å². The van der Waals surface area contributed by atoms with Gasteiger partial charge in [-0.1, -0.05) is 73.1 Å². The molecule has 3 heteroatoms. The van der Waals surface area contributed by atoms with Gasteiger partial charge in [-0.2, -0.15) is 0 Å². The van der Waals surface area contributed by atoms with Crippen LogP contribution in [0.5, 0.6) is 0 Å². The second kappa shape index (κ2) is 5.11. The molecule has 0 spiro atoms. The summed E-state index contributed by atoms with van der Waals surface area (Å²) < 4.78 is 9.99. The van der Waals surface area contributed by atoms with E-state index in [1.807, 2.05) is 0 Å². The fourth-order valence-corrected chi connectivity index (χ4v) is 5.30. The number of benzene rings is 2. The third-order valence-electron chi connectivity index (χ3n) is 5.92. The number of ether oxygens (including phenoxy) is 1. The summed E-state index contributed by atoms with van der Waals surface area (Å²) >= 11 is 3.86. The first kappa shape index (κ1) is 16.3. The molecule has 0 N–H and O–H groups in total. The van der Waals surface area contributed by atoms with Crippen LogP contribution in [0.3, 0.4) is 0 Å². The Labute approximate surface area is 162 Å². The molecule has 26 heavy (non-hydrogen) atoms. The number of halogens is 1. The molecule has 0 saturated heterocycles. The van der Waals surface area contributed by atoms with E-state index < -0.39 is 0 Å². The standard InChI is InChI=1S/C23H22BrNO/c1-22(2,3)23-11-10-18(26-23)15-12-17(24)19-16(14-8-6-5-7-9-14)13-25(4)21(19)20(15)23/h5-13,18H,1-4H3. The van der Waals surface area contributed by atoms with Crippen molar-refractivity contribution in [1.82, 2.24) is 4.57 Å². The zero-order chi connectivity index (χ0) is 18.3. The van der Waals surface area contributed by atoms with E-state index in [1.165, 1.54) is 33.2 Å². The Morgan fingerprint density at radius 3 is 2.58 bits per heavy atom. The lowest BCUT2D eigenvalue weighted by Crippen LogP contribution is -2.37. The molecule has 1 aromatic heterocycles. The molecule has 2 atom stereocenters. The van der Waals surface area contributed by atoms with Gasteiger partial charge in [-0.25, -0.2) is 0 Å². The molecule has 3 aromatic rings. The SMILES string of the molecule is Cn1cc(-c2ccccc2)c2c(Br)cc3c(c21)C1(C(C)(C)C)C=CC3O1. The van der Waals surface area contributed by atoms with Crippen molar-refractivity contribution in [2.24, 2.45) is 12.5 Å². The lowest BCUT2D eigenvalue weighted by Gasteiger charge is -2.38. The Balaban J connectivity index is 1.90. The average Bonchev–Trinajstić information content (AvgIpc) is 3.27. The van der Waals surface area contributed by atoms with Crippen LogP contribution in [0.4, 0.5) is 0 Å². The molecule has 2 nitrogen and oxygen atoms in total. The molecule has 2 bridgehead atoms. The van der Waals surface area contributed by atoms with Crippen LogP contribution in [0.2, 0.25) is 0 Å². The number of hydrogen-bond donors (Lipinski definition) is 0. The summed E-state index contributed by atoms with van der Waals surface area (Å²) in [5.74, 6) is 0. The molecule has 0 amide bonds. The normalized spacial score (nSPS) is 23.8. The number of rotatable bonds is 1. The minimum Gasteiger partial charge on any atom is -0.353 e. The summed E-state index contributed by atoms with van der Waals surface area (Å²) in [4.78, 5) is 0. The summed E-state index contributed by atoms with van der Waals surface area (Å²) in [6, 6.07) is 12.9. The number of aromatic nitrogens is 1. The maximum Gasteiger partial charge on any atom is 0.120 e. The third kappa shape index (κ3) is 1.91. The Hall–Kier alpha value is -1.84. The van der Waals surface area contributed by atoms with E-state index in [0.29, 0.717) is 0 Å². The predicted molar refractivity (Wildman–Crippen MR) is 110 cm³/mol. The highest BCUT2D eigenvalue weighted by molar-refractivity contribution is 9.10. The van der Waals surface area contributed by atoms with Crippen LogP contribution in [-0.2, 0) is 17.4 Å². The first-order valence-corrected chi connectivity index (χ1v) is 9.87. The average molecular weight is 408 g/mol. The van der Waals surface area contributed by atoms with Gasteiger partial charge in [-0.15, -0.1) is 0 Å². The van der Waals surface area contributed by atoms with Crippen LogP contribution < -0.4 is 0 Å². The van der Waals surface area contributed by atoms with E-state index in [-0.39, 0.29) is 17.1 Å². The van der Waals surface area contributed by atoms with Crippen LogP contribution in [0, 0.1) is 5.41 Å². The summed E-state index contributed by atoms with van der Waals surface area (Å²) in [5, 5.41) is 1.27. The number of aryl methyl sites for hydroxylation is 1. The summed E-state index contributed by atoms with van der Waals surface area (Å²) in [6.07, 6.45) is 6.80. The van der Waals surface area contributed by atoms with E-state index in [0.717, 1.165) is 4.47 Å². The minimum absolute atomic E-state index is 0.0263. The van der Waals surface area contributed by atoms with Gasteiger partial charge in [0.15, 0.2) is 0 Å². The van der Waals surface area contributed by atoms with Crippen LogP contribution in [0.15, 0.2) is 59.2 Å². The van der Waals surface area contributed by atoms with Crippen molar-refractivity contribution in [3.63, 3.8) is 0 Å².